The van der Waals surface area contributed by atoms with E-state index in [1.165, 1.54) is 0 Å². The molecule has 0 aliphatic carbocycles. The Bertz CT molecular complexity index is 813. The van der Waals surface area contributed by atoms with Crippen molar-refractivity contribution in [3.63, 3.8) is 0 Å². The number of amides is 1. The second-order valence-electron chi connectivity index (χ2n) is 7.11. The van der Waals surface area contributed by atoms with E-state index in [0.29, 0.717) is 15.6 Å². The monoisotopic (exact) mass is 417 g/mol. The normalized spacial score (nSPS) is 15.4. The molecule has 28 heavy (non-hydrogen) atoms. The van der Waals surface area contributed by atoms with Gasteiger partial charge in [0.2, 0.25) is 12.2 Å². The van der Waals surface area contributed by atoms with Gasteiger partial charge in [-0.25, -0.2) is 0 Å². The van der Waals surface area contributed by atoms with E-state index in [-0.39, 0.29) is 18.2 Å². The molecule has 1 saturated heterocycles. The van der Waals surface area contributed by atoms with Crippen LogP contribution < -0.4 is 5.32 Å². The van der Waals surface area contributed by atoms with Gasteiger partial charge in [-0.15, -0.1) is 0 Å². The van der Waals surface area contributed by atoms with Crippen LogP contribution in [-0.2, 0) is 22.4 Å². The van der Waals surface area contributed by atoms with Gasteiger partial charge in [0.25, 0.3) is 0 Å². The van der Waals surface area contributed by atoms with Crippen LogP contribution in [0.25, 0.3) is 0 Å². The van der Waals surface area contributed by atoms with Gasteiger partial charge in [0.1, 0.15) is 0 Å². The van der Waals surface area contributed by atoms with Crippen molar-refractivity contribution in [1.82, 2.24) is 4.90 Å². The standard InChI is InChI=1S/C22H23Cl2N2O2/c23-20-5-2-6-21(24)19(20)14-22(28)25-18-4-1-3-16(13-18)7-10-26-11-8-17(15-27)9-12-26/h1-6,13,17H,7-12,14H2,(H,25,28). The molecular formula is C22H23Cl2N2O2. The van der Waals surface area contributed by atoms with Gasteiger partial charge in [-0.3, -0.25) is 9.59 Å². The minimum atomic E-state index is -0.153. The van der Waals surface area contributed by atoms with Crippen LogP contribution in [0.2, 0.25) is 10.0 Å². The fraction of sp³-hybridized carbons (Fsp3) is 0.364. The van der Waals surface area contributed by atoms with E-state index in [0.717, 1.165) is 50.1 Å². The van der Waals surface area contributed by atoms with Crippen LogP contribution in [0.5, 0.6) is 0 Å². The van der Waals surface area contributed by atoms with E-state index in [9.17, 15) is 9.59 Å². The van der Waals surface area contributed by atoms with E-state index in [4.69, 9.17) is 23.2 Å². The molecule has 0 spiro atoms. The van der Waals surface area contributed by atoms with Crippen molar-refractivity contribution in [3.8, 4) is 0 Å². The third-order valence-electron chi connectivity index (χ3n) is 5.08. The van der Waals surface area contributed by atoms with Gasteiger partial charge in [0.05, 0.1) is 6.42 Å². The summed E-state index contributed by atoms with van der Waals surface area (Å²) in [5.74, 6) is -0.0549. The summed E-state index contributed by atoms with van der Waals surface area (Å²) < 4.78 is 0. The molecule has 0 aromatic heterocycles. The number of benzene rings is 2. The first-order chi connectivity index (χ1) is 13.5. The van der Waals surface area contributed by atoms with Crippen LogP contribution >= 0.6 is 23.2 Å². The smallest absolute Gasteiger partial charge is 0.228 e. The number of piperidine rings is 1. The highest BCUT2D eigenvalue weighted by Crippen LogP contribution is 2.25. The molecule has 0 unspecified atom stereocenters. The Balaban J connectivity index is 1.53. The molecule has 1 amide bonds. The van der Waals surface area contributed by atoms with Crippen molar-refractivity contribution in [1.29, 1.82) is 0 Å². The van der Waals surface area contributed by atoms with Crippen LogP contribution in [0.1, 0.15) is 24.0 Å². The highest BCUT2D eigenvalue weighted by Gasteiger charge is 2.18. The maximum Gasteiger partial charge on any atom is 0.228 e. The predicted molar refractivity (Wildman–Crippen MR) is 114 cm³/mol. The number of anilines is 1. The zero-order chi connectivity index (χ0) is 19.9. The zero-order valence-electron chi connectivity index (χ0n) is 15.6. The maximum atomic E-state index is 12.4. The number of nitrogens with zero attached hydrogens (tertiary/aromatic N) is 1. The summed E-state index contributed by atoms with van der Waals surface area (Å²) in [6.07, 6.45) is 4.93. The lowest BCUT2D eigenvalue weighted by molar-refractivity contribution is -0.115. The zero-order valence-corrected chi connectivity index (χ0v) is 17.1. The van der Waals surface area contributed by atoms with E-state index in [2.05, 4.69) is 22.6 Å². The second-order valence-corrected chi connectivity index (χ2v) is 7.92. The molecule has 6 heteroatoms. The van der Waals surface area contributed by atoms with Crippen molar-refractivity contribution in [2.45, 2.75) is 25.7 Å². The topological polar surface area (TPSA) is 49.4 Å². The first kappa shape index (κ1) is 20.8. The van der Waals surface area contributed by atoms with E-state index in [1.807, 2.05) is 18.2 Å². The predicted octanol–water partition coefficient (Wildman–Crippen LogP) is 4.54. The van der Waals surface area contributed by atoms with Gasteiger partial charge in [0, 0.05) is 28.2 Å². The molecule has 0 atom stereocenters. The number of hydrogen-bond donors (Lipinski definition) is 1. The Kier molecular flexibility index (Phi) is 7.49. The lowest BCUT2D eigenvalue weighted by Gasteiger charge is -2.29. The summed E-state index contributed by atoms with van der Waals surface area (Å²) in [5.41, 5.74) is 2.56. The first-order valence-corrected chi connectivity index (χ1v) is 10.2. The molecule has 2 aromatic carbocycles. The van der Waals surface area contributed by atoms with Crippen molar-refractivity contribution < 1.29 is 9.59 Å². The van der Waals surface area contributed by atoms with Gasteiger partial charge < -0.3 is 10.2 Å². The third-order valence-corrected chi connectivity index (χ3v) is 5.79. The molecule has 1 fully saturated rings. The lowest BCUT2D eigenvalue weighted by Crippen LogP contribution is -2.35. The quantitative estimate of drug-likeness (QED) is 0.719. The Morgan fingerprint density at radius 1 is 1.11 bits per heavy atom. The van der Waals surface area contributed by atoms with Gasteiger partial charge >= 0.3 is 0 Å². The first-order valence-electron chi connectivity index (χ1n) is 9.47. The van der Waals surface area contributed by atoms with Crippen LogP contribution in [0.3, 0.4) is 0 Å². The van der Waals surface area contributed by atoms with Crippen molar-refractivity contribution in [3.05, 3.63) is 63.6 Å². The molecule has 0 saturated carbocycles. The SMILES string of the molecule is O=[C]C1CCN(CCc2cccc(NC(=O)Cc3c(Cl)cccc3Cl)c2)CC1. The van der Waals surface area contributed by atoms with Gasteiger partial charge in [-0.1, -0.05) is 41.4 Å². The minimum Gasteiger partial charge on any atom is -0.326 e. The molecule has 1 radical (unpaired) electrons. The lowest BCUT2D eigenvalue weighted by atomic mass is 9.98. The summed E-state index contributed by atoms with van der Waals surface area (Å²) in [4.78, 5) is 25.5. The Labute approximate surface area is 175 Å². The Morgan fingerprint density at radius 2 is 1.79 bits per heavy atom. The fourth-order valence-corrected chi connectivity index (χ4v) is 3.96. The summed E-state index contributed by atoms with van der Waals surface area (Å²) in [6, 6.07) is 13.1. The van der Waals surface area contributed by atoms with Crippen molar-refractivity contribution in [2.24, 2.45) is 5.92 Å². The fourth-order valence-electron chi connectivity index (χ4n) is 3.43. The van der Waals surface area contributed by atoms with Crippen LogP contribution in [0, 0.1) is 5.92 Å². The molecule has 1 heterocycles. The number of halogens is 2. The molecule has 0 bridgehead atoms. The molecule has 1 aliphatic rings. The number of likely N-dealkylation sites (tertiary alicyclic amines) is 1. The summed E-state index contributed by atoms with van der Waals surface area (Å²) >= 11 is 12.3. The summed E-state index contributed by atoms with van der Waals surface area (Å²) in [6.45, 7) is 2.82. The van der Waals surface area contributed by atoms with Gasteiger partial charge in [-0.2, -0.15) is 0 Å². The number of carbonyl (C=O) groups excluding carboxylic acids is 2. The van der Waals surface area contributed by atoms with E-state index in [1.54, 1.807) is 18.2 Å². The highest BCUT2D eigenvalue weighted by atomic mass is 35.5. The molecule has 147 valence electrons. The Morgan fingerprint density at radius 3 is 2.46 bits per heavy atom. The molecular weight excluding hydrogens is 395 g/mol. The minimum absolute atomic E-state index is 0.0985. The maximum absolute atomic E-state index is 12.4. The molecule has 4 nitrogen and oxygen atoms in total. The number of hydrogen-bond acceptors (Lipinski definition) is 3. The molecule has 3 rings (SSSR count). The molecule has 1 N–H and O–H groups in total. The van der Waals surface area contributed by atoms with E-state index < -0.39 is 0 Å². The number of nitrogens with one attached hydrogen (secondary N) is 1. The largest absolute Gasteiger partial charge is 0.326 e. The third kappa shape index (κ3) is 5.81. The average molecular weight is 418 g/mol. The molecule has 1 aliphatic heterocycles. The molecule has 2 aromatic rings. The summed E-state index contributed by atoms with van der Waals surface area (Å²) in [5, 5.41) is 3.91. The van der Waals surface area contributed by atoms with Gasteiger partial charge in [0.15, 0.2) is 0 Å². The van der Waals surface area contributed by atoms with Crippen molar-refractivity contribution in [2.75, 3.05) is 25.0 Å². The average Bonchev–Trinajstić information content (AvgIpc) is 2.70. The summed E-state index contributed by atoms with van der Waals surface area (Å²) in [7, 11) is 0. The van der Waals surface area contributed by atoms with Crippen LogP contribution in [-0.4, -0.2) is 36.7 Å². The Hall–Kier alpha value is -1.88. The van der Waals surface area contributed by atoms with E-state index >= 15 is 0 Å². The second kappa shape index (κ2) is 10.1. The van der Waals surface area contributed by atoms with Gasteiger partial charge in [-0.05, 0) is 67.7 Å². The number of carbonyl (C=O) groups is 1. The number of rotatable bonds is 7. The van der Waals surface area contributed by atoms with Crippen molar-refractivity contribution >= 4 is 41.1 Å². The van der Waals surface area contributed by atoms with Crippen LogP contribution in [0.15, 0.2) is 42.5 Å². The highest BCUT2D eigenvalue weighted by molar-refractivity contribution is 6.36. The van der Waals surface area contributed by atoms with Crippen LogP contribution in [0.4, 0.5) is 5.69 Å².